The van der Waals surface area contributed by atoms with Crippen LogP contribution in [0.1, 0.15) is 72.6 Å². The molecule has 0 amide bonds. The Bertz CT molecular complexity index is 1230. The minimum atomic E-state index is -2.59. The van der Waals surface area contributed by atoms with E-state index >= 15 is 0 Å². The Kier molecular flexibility index (Phi) is 14.1. The molecule has 1 saturated heterocycles. The first-order valence-electron chi connectivity index (χ1n) is 16.7. The van der Waals surface area contributed by atoms with Crippen LogP contribution in [-0.4, -0.2) is 79.3 Å². The molecule has 4 rings (SSSR count). The summed E-state index contributed by atoms with van der Waals surface area (Å²) >= 11 is -2.59. The van der Waals surface area contributed by atoms with Crippen LogP contribution in [0, 0.1) is 0 Å². The third-order valence-corrected chi connectivity index (χ3v) is 24.2. The minimum absolute atomic E-state index is 0.554. The summed E-state index contributed by atoms with van der Waals surface area (Å²) in [6.45, 7) is 14.7. The summed E-state index contributed by atoms with van der Waals surface area (Å²) in [6, 6.07) is 13.0. The van der Waals surface area contributed by atoms with E-state index in [0.717, 1.165) is 55.9 Å². The maximum absolute atomic E-state index is 6.57. The van der Waals surface area contributed by atoms with Crippen LogP contribution in [0.5, 0.6) is 23.1 Å². The summed E-state index contributed by atoms with van der Waals surface area (Å²) < 4.78 is 30.2. The molecule has 8 heteroatoms. The molecule has 0 N–H and O–H groups in total. The molecule has 1 fully saturated rings. The zero-order chi connectivity index (χ0) is 30.3. The van der Waals surface area contributed by atoms with E-state index in [2.05, 4.69) is 59.9 Å². The predicted octanol–water partition coefficient (Wildman–Crippen LogP) is 7.98. The quantitative estimate of drug-likeness (QED) is 0.0930. The Hall–Kier alpha value is -2.10. The van der Waals surface area contributed by atoms with Crippen LogP contribution in [-0.2, 0) is 4.74 Å². The third-order valence-electron chi connectivity index (χ3n) is 8.63. The van der Waals surface area contributed by atoms with Gasteiger partial charge in [-0.05, 0) is 0 Å². The Morgan fingerprint density at radius 3 is 2.19 bits per heavy atom. The molecule has 1 aliphatic rings. The molecule has 0 saturated carbocycles. The van der Waals surface area contributed by atoms with E-state index < -0.39 is 18.4 Å². The van der Waals surface area contributed by atoms with Gasteiger partial charge in [-0.1, -0.05) is 0 Å². The van der Waals surface area contributed by atoms with Crippen LogP contribution in [0.15, 0.2) is 42.7 Å². The number of morpholine rings is 1. The van der Waals surface area contributed by atoms with Gasteiger partial charge in [0.2, 0.25) is 0 Å². The predicted molar refractivity (Wildman–Crippen MR) is 179 cm³/mol. The Morgan fingerprint density at radius 1 is 0.814 bits per heavy atom. The van der Waals surface area contributed by atoms with Crippen LogP contribution in [0.4, 0.5) is 0 Å². The number of hydrogen-bond acceptors (Lipinski definition) is 7. The van der Waals surface area contributed by atoms with Gasteiger partial charge in [-0.3, -0.25) is 4.90 Å². The number of aromatic nitrogens is 2. The number of hydrogen-bond donors (Lipinski definition) is 0. The van der Waals surface area contributed by atoms with E-state index in [1.54, 1.807) is 9.91 Å². The van der Waals surface area contributed by atoms with Gasteiger partial charge in [0.1, 0.15) is 0 Å². The van der Waals surface area contributed by atoms with Gasteiger partial charge < -0.3 is 4.74 Å². The van der Waals surface area contributed by atoms with Crippen molar-refractivity contribution in [3.63, 3.8) is 0 Å². The van der Waals surface area contributed by atoms with Crippen molar-refractivity contribution in [1.82, 2.24) is 14.9 Å². The Labute approximate surface area is 263 Å². The molecule has 236 valence electrons. The molecule has 1 aliphatic heterocycles. The first kappa shape index (κ1) is 33.8. The van der Waals surface area contributed by atoms with E-state index in [1.165, 1.54) is 51.8 Å². The topological polar surface area (TPSA) is 65.9 Å². The van der Waals surface area contributed by atoms with Gasteiger partial charge in [-0.2, -0.15) is 0 Å². The summed E-state index contributed by atoms with van der Waals surface area (Å²) in [5.41, 5.74) is 0.785. The summed E-state index contributed by atoms with van der Waals surface area (Å²) in [6.07, 6.45) is 10.3. The fourth-order valence-electron chi connectivity index (χ4n) is 6.15. The normalized spacial score (nSPS) is 14.2. The Balaban J connectivity index is 1.58. The number of benzene rings is 2. The van der Waals surface area contributed by atoms with Crippen LogP contribution in [0.2, 0.25) is 13.3 Å². The fraction of sp³-hybridized carbons (Fsp3) is 0.600. The number of rotatable bonds is 19. The standard InChI is InChI=1S/C23H26N3O4.3C4H9.Sn/c1-2-28-22-16-20-19(23(25-17-24-20)30-18-7-4-3-5-8-18)15-21(22)29-12-6-9-26-10-13-27-14-11-26;3*1-3-4-2;/h3-4,7-8,15-17H,2,6,9-14H2,1H3;3*1,3-4H2,2H3;. The van der Waals surface area contributed by atoms with Gasteiger partial charge in [0.25, 0.3) is 0 Å². The van der Waals surface area contributed by atoms with E-state index in [4.69, 9.17) is 18.9 Å². The van der Waals surface area contributed by atoms with Gasteiger partial charge in [0, 0.05) is 13.1 Å². The zero-order valence-electron chi connectivity index (χ0n) is 27.0. The van der Waals surface area contributed by atoms with Crippen molar-refractivity contribution in [2.45, 2.75) is 86.0 Å². The van der Waals surface area contributed by atoms with Crippen molar-refractivity contribution in [3.05, 3.63) is 42.7 Å². The van der Waals surface area contributed by atoms with Gasteiger partial charge in [-0.15, -0.1) is 0 Å². The van der Waals surface area contributed by atoms with Crippen LogP contribution in [0.25, 0.3) is 10.9 Å². The van der Waals surface area contributed by atoms with Gasteiger partial charge in [0.05, 0.1) is 13.2 Å². The van der Waals surface area contributed by atoms with Crippen molar-refractivity contribution >= 4 is 32.9 Å². The van der Waals surface area contributed by atoms with Crippen LogP contribution in [0.3, 0.4) is 0 Å². The molecule has 0 spiro atoms. The molecule has 0 aliphatic carbocycles. The second-order valence-corrected chi connectivity index (χ2v) is 25.0. The second-order valence-electron chi connectivity index (χ2n) is 11.8. The summed E-state index contributed by atoms with van der Waals surface area (Å²) in [7, 11) is 0. The van der Waals surface area contributed by atoms with E-state index in [-0.39, 0.29) is 0 Å². The van der Waals surface area contributed by atoms with E-state index in [9.17, 15) is 0 Å². The average Bonchev–Trinajstić information content (AvgIpc) is 3.04. The van der Waals surface area contributed by atoms with Crippen molar-refractivity contribution in [2.75, 3.05) is 46.1 Å². The Morgan fingerprint density at radius 2 is 1.51 bits per heavy atom. The fourth-order valence-corrected chi connectivity index (χ4v) is 22.2. The molecule has 3 aromatic rings. The summed E-state index contributed by atoms with van der Waals surface area (Å²) in [5.74, 6) is 2.83. The molecule has 0 bridgehead atoms. The SMILES string of the molecule is CCC[CH2][Sn]([CH2]CCC)([CH2]CCC)[c]1cccc(Oc2ncnc3cc(OCC)c(OCCCN4CCOCC4)cc23)c1. The summed E-state index contributed by atoms with van der Waals surface area (Å²) in [4.78, 5) is 11.6. The number of nitrogens with zero attached hydrogens (tertiary/aromatic N) is 3. The van der Waals surface area contributed by atoms with Crippen molar-refractivity contribution in [1.29, 1.82) is 0 Å². The summed E-state index contributed by atoms with van der Waals surface area (Å²) in [5, 5.41) is 0.831. The molecule has 43 heavy (non-hydrogen) atoms. The first-order chi connectivity index (χ1) is 21.1. The van der Waals surface area contributed by atoms with Crippen molar-refractivity contribution in [3.8, 4) is 23.1 Å². The zero-order valence-corrected chi connectivity index (χ0v) is 29.9. The van der Waals surface area contributed by atoms with Gasteiger partial charge in [-0.25, -0.2) is 0 Å². The van der Waals surface area contributed by atoms with Crippen molar-refractivity contribution < 1.29 is 18.9 Å². The second kappa shape index (κ2) is 18.0. The molecular weight excluding hydrogens is 645 g/mol. The van der Waals surface area contributed by atoms with Crippen LogP contribution >= 0.6 is 0 Å². The monoisotopic (exact) mass is 699 g/mol. The molecule has 0 atom stereocenters. The third kappa shape index (κ3) is 9.69. The van der Waals surface area contributed by atoms with Gasteiger partial charge in [0.15, 0.2) is 0 Å². The van der Waals surface area contributed by atoms with Crippen LogP contribution < -0.4 is 17.8 Å². The van der Waals surface area contributed by atoms with Crippen molar-refractivity contribution in [2.24, 2.45) is 0 Å². The molecule has 0 radical (unpaired) electrons. The number of fused-ring (bicyclic) bond motifs is 1. The molecule has 2 aromatic carbocycles. The number of ether oxygens (including phenoxy) is 4. The average molecular weight is 699 g/mol. The van der Waals surface area contributed by atoms with E-state index in [0.29, 0.717) is 30.6 Å². The first-order valence-corrected chi connectivity index (χ1v) is 24.2. The molecule has 2 heterocycles. The molecule has 0 unspecified atom stereocenters. The molecule has 7 nitrogen and oxygen atoms in total. The number of unbranched alkanes of at least 4 members (excludes halogenated alkanes) is 3. The van der Waals surface area contributed by atoms with Gasteiger partial charge >= 0.3 is 229 Å². The molecular formula is C35H53N3O4Sn. The van der Waals surface area contributed by atoms with E-state index in [1.807, 2.05) is 19.1 Å². The molecule has 1 aromatic heterocycles. The maximum atomic E-state index is 6.57.